The molecule has 1 unspecified atom stereocenters. The molecule has 1 saturated heterocycles. The minimum Gasteiger partial charge on any atom is -0.392 e. The largest absolute Gasteiger partial charge is 0.392 e. The number of nitrogens with one attached hydrogen (secondary N) is 1. The van der Waals surface area contributed by atoms with Crippen LogP contribution in [-0.4, -0.2) is 47.6 Å². The minimum atomic E-state index is -0.588. The summed E-state index contributed by atoms with van der Waals surface area (Å²) in [7, 11) is 0. The van der Waals surface area contributed by atoms with Gasteiger partial charge in [-0.15, -0.1) is 0 Å². The van der Waals surface area contributed by atoms with E-state index < -0.39 is 6.10 Å². The molecular weight excluding hydrogens is 172 g/mol. The fourth-order valence-electron chi connectivity index (χ4n) is 1.27. The lowest BCUT2D eigenvalue weighted by atomic mass is 10.3. The Morgan fingerprint density at radius 2 is 2.31 bits per heavy atom. The Bertz CT molecular complexity index is 215. The molecule has 5 nitrogen and oxygen atoms in total. The first kappa shape index (κ1) is 9.98. The van der Waals surface area contributed by atoms with E-state index in [2.05, 4.69) is 5.32 Å². The first-order chi connectivity index (χ1) is 6.09. The van der Waals surface area contributed by atoms with Gasteiger partial charge >= 0.3 is 0 Å². The summed E-state index contributed by atoms with van der Waals surface area (Å²) in [5.41, 5.74) is 0. The molecule has 0 aromatic rings. The molecule has 2 N–H and O–H groups in total. The third-order valence-corrected chi connectivity index (χ3v) is 1.83. The van der Waals surface area contributed by atoms with E-state index in [1.54, 1.807) is 6.92 Å². The Labute approximate surface area is 76.7 Å². The molecule has 1 heterocycles. The van der Waals surface area contributed by atoms with Gasteiger partial charge in [0.2, 0.25) is 11.8 Å². The predicted molar refractivity (Wildman–Crippen MR) is 45.9 cm³/mol. The number of hydrogen-bond donors (Lipinski definition) is 2. The van der Waals surface area contributed by atoms with Gasteiger partial charge in [-0.3, -0.25) is 9.59 Å². The average molecular weight is 186 g/mol. The quantitative estimate of drug-likeness (QED) is 0.564. The van der Waals surface area contributed by atoms with Gasteiger partial charge in [0.25, 0.3) is 0 Å². The summed E-state index contributed by atoms with van der Waals surface area (Å²) in [5.74, 6) is -0.245. The predicted octanol–water partition coefficient (Wildman–Crippen LogP) is -1.28. The summed E-state index contributed by atoms with van der Waals surface area (Å²) in [4.78, 5) is 23.7. The van der Waals surface area contributed by atoms with Crippen molar-refractivity contribution in [3.05, 3.63) is 0 Å². The van der Waals surface area contributed by atoms with E-state index >= 15 is 0 Å². The second-order valence-electron chi connectivity index (χ2n) is 3.22. The number of rotatable bonds is 2. The first-order valence-electron chi connectivity index (χ1n) is 4.32. The van der Waals surface area contributed by atoms with Gasteiger partial charge in [0, 0.05) is 19.5 Å². The highest BCUT2D eigenvalue weighted by molar-refractivity contribution is 5.87. The SMILES string of the molecule is CC(O)CN1CC(=O)NCCC1=O. The summed E-state index contributed by atoms with van der Waals surface area (Å²) in [5, 5.41) is 11.7. The van der Waals surface area contributed by atoms with Crippen molar-refractivity contribution in [2.45, 2.75) is 19.4 Å². The fraction of sp³-hybridized carbons (Fsp3) is 0.750. The molecule has 1 atom stereocenters. The maximum Gasteiger partial charge on any atom is 0.239 e. The van der Waals surface area contributed by atoms with Crippen molar-refractivity contribution in [1.29, 1.82) is 0 Å². The molecule has 0 spiro atoms. The summed E-state index contributed by atoms with van der Waals surface area (Å²) in [6, 6.07) is 0. The second kappa shape index (κ2) is 4.23. The van der Waals surface area contributed by atoms with Gasteiger partial charge in [-0.05, 0) is 6.92 Å². The number of aliphatic hydroxyl groups excluding tert-OH is 1. The topological polar surface area (TPSA) is 69.6 Å². The van der Waals surface area contributed by atoms with Crippen LogP contribution in [0.3, 0.4) is 0 Å². The number of aliphatic hydroxyl groups is 1. The van der Waals surface area contributed by atoms with Crippen molar-refractivity contribution in [1.82, 2.24) is 10.2 Å². The van der Waals surface area contributed by atoms with Gasteiger partial charge in [0.05, 0.1) is 12.6 Å². The lowest BCUT2D eigenvalue weighted by Gasteiger charge is -2.20. The Morgan fingerprint density at radius 3 is 2.92 bits per heavy atom. The summed E-state index contributed by atoms with van der Waals surface area (Å²) in [6.45, 7) is 2.28. The van der Waals surface area contributed by atoms with Crippen LogP contribution in [0, 0.1) is 0 Å². The second-order valence-corrected chi connectivity index (χ2v) is 3.22. The smallest absolute Gasteiger partial charge is 0.239 e. The molecule has 1 aliphatic heterocycles. The van der Waals surface area contributed by atoms with Crippen LogP contribution in [0.2, 0.25) is 0 Å². The normalized spacial score (nSPS) is 20.9. The van der Waals surface area contributed by atoms with E-state index in [1.165, 1.54) is 4.90 Å². The molecule has 0 radical (unpaired) electrons. The van der Waals surface area contributed by atoms with E-state index in [1.807, 2.05) is 0 Å². The van der Waals surface area contributed by atoms with Gasteiger partial charge in [-0.2, -0.15) is 0 Å². The minimum absolute atomic E-state index is 0.0593. The van der Waals surface area contributed by atoms with E-state index in [0.717, 1.165) is 0 Å². The molecule has 0 saturated carbocycles. The van der Waals surface area contributed by atoms with Crippen molar-refractivity contribution in [3.8, 4) is 0 Å². The average Bonchev–Trinajstić information content (AvgIpc) is 2.14. The van der Waals surface area contributed by atoms with Gasteiger partial charge < -0.3 is 15.3 Å². The molecule has 0 aliphatic carbocycles. The van der Waals surface area contributed by atoms with Crippen LogP contribution in [0.5, 0.6) is 0 Å². The lowest BCUT2D eigenvalue weighted by Crippen LogP contribution is -2.39. The molecule has 2 amide bonds. The van der Waals surface area contributed by atoms with Gasteiger partial charge in [0.1, 0.15) is 0 Å². The molecule has 1 fully saturated rings. The summed E-state index contributed by atoms with van der Waals surface area (Å²) in [6.07, 6.45) is -0.270. The highest BCUT2D eigenvalue weighted by Gasteiger charge is 2.21. The van der Waals surface area contributed by atoms with Crippen LogP contribution in [0.4, 0.5) is 0 Å². The van der Waals surface area contributed by atoms with Crippen LogP contribution in [0.1, 0.15) is 13.3 Å². The lowest BCUT2D eigenvalue weighted by molar-refractivity contribution is -0.134. The number of amides is 2. The molecule has 0 aromatic heterocycles. The zero-order valence-electron chi connectivity index (χ0n) is 7.62. The van der Waals surface area contributed by atoms with E-state index in [-0.39, 0.29) is 24.9 Å². The molecule has 74 valence electrons. The summed E-state index contributed by atoms with van der Waals surface area (Å²) < 4.78 is 0. The number of nitrogens with zero attached hydrogens (tertiary/aromatic N) is 1. The van der Waals surface area contributed by atoms with Crippen LogP contribution in [0.15, 0.2) is 0 Å². The van der Waals surface area contributed by atoms with Crippen LogP contribution in [0.25, 0.3) is 0 Å². The highest BCUT2D eigenvalue weighted by Crippen LogP contribution is 1.99. The van der Waals surface area contributed by atoms with Crippen molar-refractivity contribution < 1.29 is 14.7 Å². The van der Waals surface area contributed by atoms with Crippen molar-refractivity contribution >= 4 is 11.8 Å². The number of hydrogen-bond acceptors (Lipinski definition) is 3. The van der Waals surface area contributed by atoms with Gasteiger partial charge in [0.15, 0.2) is 0 Å². The molecule has 13 heavy (non-hydrogen) atoms. The Kier molecular flexibility index (Phi) is 3.25. The van der Waals surface area contributed by atoms with Crippen molar-refractivity contribution in [3.63, 3.8) is 0 Å². The first-order valence-corrected chi connectivity index (χ1v) is 4.32. The van der Waals surface area contributed by atoms with Crippen LogP contribution >= 0.6 is 0 Å². The van der Waals surface area contributed by atoms with E-state index in [4.69, 9.17) is 5.11 Å². The molecule has 5 heteroatoms. The van der Waals surface area contributed by atoms with E-state index in [0.29, 0.717) is 13.0 Å². The van der Waals surface area contributed by atoms with Crippen molar-refractivity contribution in [2.75, 3.05) is 19.6 Å². The number of carbonyl (C=O) groups is 2. The zero-order valence-corrected chi connectivity index (χ0v) is 7.62. The third kappa shape index (κ3) is 3.02. The Balaban J connectivity index is 2.56. The maximum atomic E-state index is 11.3. The summed E-state index contributed by atoms with van der Waals surface area (Å²) >= 11 is 0. The molecule has 1 rings (SSSR count). The number of carbonyl (C=O) groups excluding carboxylic acids is 2. The van der Waals surface area contributed by atoms with Gasteiger partial charge in [-0.1, -0.05) is 0 Å². The third-order valence-electron chi connectivity index (χ3n) is 1.83. The maximum absolute atomic E-state index is 11.3. The molecule has 0 aromatic carbocycles. The number of β-amino-alcohol motifs (C(OH)–C–C–N with tert-alkyl or cyclic N) is 1. The van der Waals surface area contributed by atoms with Crippen molar-refractivity contribution in [2.24, 2.45) is 0 Å². The molecule has 1 aliphatic rings. The molecule has 0 bridgehead atoms. The Morgan fingerprint density at radius 1 is 1.62 bits per heavy atom. The Hall–Kier alpha value is -1.10. The van der Waals surface area contributed by atoms with Crippen LogP contribution < -0.4 is 5.32 Å². The zero-order chi connectivity index (χ0) is 9.84. The van der Waals surface area contributed by atoms with Gasteiger partial charge in [-0.25, -0.2) is 0 Å². The highest BCUT2D eigenvalue weighted by atomic mass is 16.3. The monoisotopic (exact) mass is 186 g/mol. The molecular formula is C8H14N2O3. The van der Waals surface area contributed by atoms with E-state index in [9.17, 15) is 9.59 Å². The van der Waals surface area contributed by atoms with Crippen LogP contribution in [-0.2, 0) is 9.59 Å². The standard InChI is InChI=1S/C8H14N2O3/c1-6(11)4-10-5-7(12)9-3-2-8(10)13/h6,11H,2-5H2,1H3,(H,9,12). The fourth-order valence-corrected chi connectivity index (χ4v) is 1.27.